The molecule has 1 unspecified atom stereocenters. The van der Waals surface area contributed by atoms with E-state index in [0.29, 0.717) is 17.9 Å². The molecule has 1 aromatic heterocycles. The molecular weight excluding hydrogens is 300 g/mol. The predicted molar refractivity (Wildman–Crippen MR) is 88.1 cm³/mol. The molecule has 1 aromatic carbocycles. The monoisotopic (exact) mass is 320 g/mol. The summed E-state index contributed by atoms with van der Waals surface area (Å²) in [7, 11) is 0. The molecule has 2 heterocycles. The Hall–Kier alpha value is -1.78. The van der Waals surface area contributed by atoms with E-state index in [0.717, 1.165) is 25.8 Å². The van der Waals surface area contributed by atoms with Crippen LogP contribution in [0.4, 0.5) is 0 Å². The minimum absolute atomic E-state index is 0. The van der Waals surface area contributed by atoms with Crippen molar-refractivity contribution in [3.63, 3.8) is 0 Å². The van der Waals surface area contributed by atoms with Crippen LogP contribution in [0.2, 0.25) is 0 Å². The van der Waals surface area contributed by atoms with Gasteiger partial charge in [0.1, 0.15) is 12.0 Å². The molecule has 1 aliphatic rings. The molecule has 4 nitrogen and oxygen atoms in total. The Morgan fingerprint density at radius 1 is 1.32 bits per heavy atom. The molecule has 1 aliphatic heterocycles. The molecule has 118 valence electrons. The number of benzene rings is 1. The van der Waals surface area contributed by atoms with Crippen LogP contribution >= 0.6 is 12.4 Å². The number of hydrogen-bond acceptors (Lipinski definition) is 3. The van der Waals surface area contributed by atoms with Gasteiger partial charge in [-0.05, 0) is 30.9 Å². The highest BCUT2D eigenvalue weighted by Crippen LogP contribution is 2.24. The Kier molecular flexibility index (Phi) is 5.63. The highest BCUT2D eigenvalue weighted by molar-refractivity contribution is 5.94. The van der Waals surface area contributed by atoms with Crippen molar-refractivity contribution in [1.29, 1.82) is 0 Å². The molecule has 2 N–H and O–H groups in total. The zero-order valence-corrected chi connectivity index (χ0v) is 13.2. The van der Waals surface area contributed by atoms with E-state index in [1.807, 2.05) is 23.1 Å². The lowest BCUT2D eigenvalue weighted by Crippen LogP contribution is -2.36. The summed E-state index contributed by atoms with van der Waals surface area (Å²) in [6, 6.07) is 12.4. The van der Waals surface area contributed by atoms with Gasteiger partial charge in [0.2, 0.25) is 0 Å². The third kappa shape index (κ3) is 3.51. The Bertz CT molecular complexity index is 612. The van der Waals surface area contributed by atoms with E-state index < -0.39 is 0 Å². The van der Waals surface area contributed by atoms with Crippen molar-refractivity contribution in [2.24, 2.45) is 5.73 Å². The normalized spacial score (nSPS) is 17.3. The van der Waals surface area contributed by atoms with E-state index in [1.165, 1.54) is 11.8 Å². The fourth-order valence-corrected chi connectivity index (χ4v) is 2.97. The molecule has 1 atom stereocenters. The molecule has 1 saturated heterocycles. The molecule has 3 rings (SSSR count). The Morgan fingerprint density at radius 3 is 2.77 bits per heavy atom. The van der Waals surface area contributed by atoms with E-state index in [4.69, 9.17) is 10.2 Å². The summed E-state index contributed by atoms with van der Waals surface area (Å²) < 4.78 is 5.28. The number of likely N-dealkylation sites (tertiary alicyclic amines) is 1. The molecule has 0 bridgehead atoms. The molecule has 0 radical (unpaired) electrons. The van der Waals surface area contributed by atoms with E-state index in [2.05, 4.69) is 12.1 Å². The van der Waals surface area contributed by atoms with Gasteiger partial charge in [-0.1, -0.05) is 30.3 Å². The predicted octanol–water partition coefficient (Wildman–Crippen LogP) is 3.01. The van der Waals surface area contributed by atoms with Gasteiger partial charge in [0.15, 0.2) is 0 Å². The van der Waals surface area contributed by atoms with Crippen LogP contribution in [-0.4, -0.2) is 23.4 Å². The van der Waals surface area contributed by atoms with Crippen LogP contribution in [0.25, 0.3) is 0 Å². The summed E-state index contributed by atoms with van der Waals surface area (Å²) in [5, 5.41) is 0. The number of nitrogens with two attached hydrogens (primary N) is 1. The fourth-order valence-electron chi connectivity index (χ4n) is 2.97. The minimum atomic E-state index is 0. The van der Waals surface area contributed by atoms with E-state index >= 15 is 0 Å². The molecule has 1 fully saturated rings. The highest BCUT2D eigenvalue weighted by atomic mass is 35.5. The Balaban J connectivity index is 0.00000176. The molecule has 2 aromatic rings. The number of rotatable bonds is 4. The smallest absolute Gasteiger partial charge is 0.257 e. The highest BCUT2D eigenvalue weighted by Gasteiger charge is 2.30. The fraction of sp³-hybridized carbons (Fsp3) is 0.353. The van der Waals surface area contributed by atoms with Crippen molar-refractivity contribution in [3.05, 3.63) is 59.5 Å². The average molecular weight is 321 g/mol. The third-order valence-electron chi connectivity index (χ3n) is 4.05. The molecular formula is C17H21ClN2O2. The van der Waals surface area contributed by atoms with Crippen LogP contribution < -0.4 is 5.73 Å². The first kappa shape index (κ1) is 16.6. The van der Waals surface area contributed by atoms with Crippen LogP contribution in [-0.2, 0) is 13.0 Å². The third-order valence-corrected chi connectivity index (χ3v) is 4.05. The van der Waals surface area contributed by atoms with Crippen molar-refractivity contribution in [2.75, 3.05) is 6.54 Å². The number of halogens is 1. The van der Waals surface area contributed by atoms with Crippen molar-refractivity contribution in [2.45, 2.75) is 31.8 Å². The lowest BCUT2D eigenvalue weighted by atomic mass is 10.0. The largest absolute Gasteiger partial charge is 0.467 e. The van der Waals surface area contributed by atoms with Crippen LogP contribution in [0.15, 0.2) is 47.1 Å². The van der Waals surface area contributed by atoms with Crippen molar-refractivity contribution in [1.82, 2.24) is 4.90 Å². The maximum atomic E-state index is 12.6. The molecule has 0 aliphatic carbocycles. The first-order chi connectivity index (χ1) is 10.3. The second kappa shape index (κ2) is 7.47. The van der Waals surface area contributed by atoms with Gasteiger partial charge >= 0.3 is 0 Å². The van der Waals surface area contributed by atoms with E-state index in [9.17, 15) is 4.79 Å². The maximum absolute atomic E-state index is 12.6. The van der Waals surface area contributed by atoms with Gasteiger partial charge in [-0.25, -0.2) is 0 Å². The zero-order chi connectivity index (χ0) is 14.7. The van der Waals surface area contributed by atoms with Crippen LogP contribution in [0.1, 0.15) is 34.5 Å². The van der Waals surface area contributed by atoms with Crippen LogP contribution in [0, 0.1) is 0 Å². The summed E-state index contributed by atoms with van der Waals surface area (Å²) in [5.41, 5.74) is 7.41. The van der Waals surface area contributed by atoms with E-state index in [1.54, 1.807) is 6.07 Å². The van der Waals surface area contributed by atoms with Crippen molar-refractivity contribution >= 4 is 18.3 Å². The zero-order valence-electron chi connectivity index (χ0n) is 12.4. The SMILES string of the molecule is Cl.NCc1cc(C(=O)N2CCCC2Cc2ccccc2)co1. The van der Waals surface area contributed by atoms with Crippen molar-refractivity contribution < 1.29 is 9.21 Å². The van der Waals surface area contributed by atoms with Crippen molar-refractivity contribution in [3.8, 4) is 0 Å². The number of furan rings is 1. The van der Waals surface area contributed by atoms with Gasteiger partial charge in [0.25, 0.3) is 5.91 Å². The van der Waals surface area contributed by atoms with Gasteiger partial charge in [-0.15, -0.1) is 12.4 Å². The van der Waals surface area contributed by atoms with E-state index in [-0.39, 0.29) is 24.4 Å². The second-order valence-corrected chi connectivity index (χ2v) is 5.49. The summed E-state index contributed by atoms with van der Waals surface area (Å²) in [6.07, 6.45) is 4.55. The van der Waals surface area contributed by atoms with Crippen LogP contribution in [0.3, 0.4) is 0 Å². The van der Waals surface area contributed by atoms with Crippen LogP contribution in [0.5, 0.6) is 0 Å². The average Bonchev–Trinajstić information content (AvgIpc) is 3.16. The molecule has 1 amide bonds. The Morgan fingerprint density at radius 2 is 2.09 bits per heavy atom. The number of carbonyl (C=O) groups is 1. The molecule has 0 saturated carbocycles. The second-order valence-electron chi connectivity index (χ2n) is 5.49. The lowest BCUT2D eigenvalue weighted by Gasteiger charge is -2.24. The lowest BCUT2D eigenvalue weighted by molar-refractivity contribution is 0.0736. The topological polar surface area (TPSA) is 59.5 Å². The summed E-state index contributed by atoms with van der Waals surface area (Å²) in [6.45, 7) is 1.14. The quantitative estimate of drug-likeness (QED) is 0.942. The number of hydrogen-bond donors (Lipinski definition) is 1. The Labute approximate surface area is 136 Å². The number of carbonyl (C=O) groups excluding carboxylic acids is 1. The first-order valence-electron chi connectivity index (χ1n) is 7.40. The molecule has 5 heteroatoms. The van der Waals surface area contributed by atoms with Gasteiger partial charge in [-0.2, -0.15) is 0 Å². The van der Waals surface area contributed by atoms with Gasteiger partial charge in [0, 0.05) is 12.6 Å². The standard InChI is InChI=1S/C17H20N2O2.ClH/c18-11-16-10-14(12-21-16)17(20)19-8-4-7-15(19)9-13-5-2-1-3-6-13;/h1-3,5-6,10,12,15H,4,7-9,11,18H2;1H. The summed E-state index contributed by atoms with van der Waals surface area (Å²) in [5.74, 6) is 0.703. The van der Waals surface area contributed by atoms with Gasteiger partial charge in [-0.3, -0.25) is 4.79 Å². The number of nitrogens with zero attached hydrogens (tertiary/aromatic N) is 1. The maximum Gasteiger partial charge on any atom is 0.257 e. The van der Waals surface area contributed by atoms with Gasteiger partial charge in [0.05, 0.1) is 12.1 Å². The summed E-state index contributed by atoms with van der Waals surface area (Å²) >= 11 is 0. The first-order valence-corrected chi connectivity index (χ1v) is 7.40. The summed E-state index contributed by atoms with van der Waals surface area (Å²) in [4.78, 5) is 14.6. The molecule has 22 heavy (non-hydrogen) atoms. The van der Waals surface area contributed by atoms with Gasteiger partial charge < -0.3 is 15.1 Å². The minimum Gasteiger partial charge on any atom is -0.467 e. The molecule has 0 spiro atoms. The number of amides is 1.